The molecule has 0 atom stereocenters. The maximum atomic E-state index is 5.33. The molecule has 60 valence electrons. The molecule has 1 aromatic rings. The number of H-pyrrole nitrogens is 1. The van der Waals surface area contributed by atoms with E-state index >= 15 is 0 Å². The number of aryl methyl sites for hydroxylation is 2. The highest BCUT2D eigenvalue weighted by Gasteiger charge is 1.95. The van der Waals surface area contributed by atoms with Gasteiger partial charge >= 0.3 is 0 Å². The fourth-order valence-corrected chi connectivity index (χ4v) is 1.11. The highest BCUT2D eigenvalue weighted by molar-refractivity contribution is 5.50. The maximum absolute atomic E-state index is 5.33. The van der Waals surface area contributed by atoms with Gasteiger partial charge in [-0.05, 0) is 31.6 Å². The third kappa shape index (κ3) is 1.95. The average molecular weight is 150 g/mol. The molecule has 3 N–H and O–H groups in total. The minimum absolute atomic E-state index is 0.595. The first-order valence-corrected chi connectivity index (χ1v) is 3.77. The van der Waals surface area contributed by atoms with Crippen LogP contribution in [0.3, 0.4) is 0 Å². The number of aromatic amines is 1. The monoisotopic (exact) mass is 150 g/mol. The van der Waals surface area contributed by atoms with Crippen LogP contribution in [0.5, 0.6) is 0 Å². The molecule has 0 aliphatic heterocycles. The van der Waals surface area contributed by atoms with E-state index in [1.807, 2.05) is 19.1 Å². The van der Waals surface area contributed by atoms with E-state index in [1.165, 1.54) is 11.3 Å². The molecular weight excluding hydrogens is 136 g/mol. The van der Waals surface area contributed by atoms with Gasteiger partial charge in [-0.1, -0.05) is 6.08 Å². The third-order valence-electron chi connectivity index (χ3n) is 1.61. The molecule has 0 bridgehead atoms. The molecule has 1 aromatic heterocycles. The van der Waals surface area contributed by atoms with Crippen molar-refractivity contribution in [1.29, 1.82) is 0 Å². The standard InChI is InChI=1S/C9H14N2/c1-7-6-8(2)11-9(7)4-3-5-10/h3-4,6,11H,5,10H2,1-2H3. The predicted molar refractivity (Wildman–Crippen MR) is 48.4 cm³/mol. The topological polar surface area (TPSA) is 41.8 Å². The van der Waals surface area contributed by atoms with Gasteiger partial charge < -0.3 is 10.7 Å². The lowest BCUT2D eigenvalue weighted by atomic mass is 10.2. The number of nitrogens with one attached hydrogen (secondary N) is 1. The Bertz CT molecular complexity index is 259. The van der Waals surface area contributed by atoms with Crippen LogP contribution in [0, 0.1) is 13.8 Å². The maximum Gasteiger partial charge on any atom is 0.0409 e. The summed E-state index contributed by atoms with van der Waals surface area (Å²) in [6.07, 6.45) is 3.96. The van der Waals surface area contributed by atoms with Crippen molar-refractivity contribution in [3.05, 3.63) is 29.1 Å². The predicted octanol–water partition coefficient (Wildman–Crippen LogP) is 1.60. The summed E-state index contributed by atoms with van der Waals surface area (Å²) in [6.45, 7) is 4.73. The highest BCUT2D eigenvalue weighted by Crippen LogP contribution is 2.09. The average Bonchev–Trinajstić information content (AvgIpc) is 2.26. The van der Waals surface area contributed by atoms with Crippen LogP contribution < -0.4 is 5.73 Å². The van der Waals surface area contributed by atoms with Crippen molar-refractivity contribution in [2.75, 3.05) is 6.54 Å². The molecule has 0 spiro atoms. The fourth-order valence-electron chi connectivity index (χ4n) is 1.11. The summed E-state index contributed by atoms with van der Waals surface area (Å²) < 4.78 is 0. The molecule has 11 heavy (non-hydrogen) atoms. The molecule has 0 amide bonds. The second-order valence-electron chi connectivity index (χ2n) is 2.69. The zero-order valence-corrected chi connectivity index (χ0v) is 7.02. The van der Waals surface area contributed by atoms with Crippen molar-refractivity contribution >= 4 is 6.08 Å². The van der Waals surface area contributed by atoms with Gasteiger partial charge in [-0.15, -0.1) is 0 Å². The minimum Gasteiger partial charge on any atom is -0.359 e. The summed E-state index contributed by atoms with van der Waals surface area (Å²) in [7, 11) is 0. The Morgan fingerprint density at radius 1 is 1.55 bits per heavy atom. The minimum atomic E-state index is 0.595. The molecule has 0 saturated heterocycles. The van der Waals surface area contributed by atoms with Crippen molar-refractivity contribution in [3.8, 4) is 0 Å². The Kier molecular flexibility index (Phi) is 2.49. The second kappa shape index (κ2) is 3.39. The van der Waals surface area contributed by atoms with E-state index in [1.54, 1.807) is 0 Å². The van der Waals surface area contributed by atoms with Crippen LogP contribution in [0.25, 0.3) is 6.08 Å². The SMILES string of the molecule is Cc1cc(C)c(C=CCN)[nH]1. The number of hydrogen-bond donors (Lipinski definition) is 2. The van der Waals surface area contributed by atoms with Gasteiger partial charge in [0, 0.05) is 17.9 Å². The first-order chi connectivity index (χ1) is 5.24. The van der Waals surface area contributed by atoms with Gasteiger partial charge in [0.25, 0.3) is 0 Å². The van der Waals surface area contributed by atoms with Gasteiger partial charge in [-0.3, -0.25) is 0 Å². The summed E-state index contributed by atoms with van der Waals surface area (Å²) in [6, 6.07) is 2.12. The molecule has 0 aliphatic carbocycles. The van der Waals surface area contributed by atoms with E-state index in [9.17, 15) is 0 Å². The molecular formula is C9H14N2. The van der Waals surface area contributed by atoms with Gasteiger partial charge in [-0.25, -0.2) is 0 Å². The molecule has 2 nitrogen and oxygen atoms in total. The van der Waals surface area contributed by atoms with Crippen LogP contribution in [0.4, 0.5) is 0 Å². The third-order valence-corrected chi connectivity index (χ3v) is 1.61. The quantitative estimate of drug-likeness (QED) is 0.660. The van der Waals surface area contributed by atoms with Gasteiger partial charge in [-0.2, -0.15) is 0 Å². The summed E-state index contributed by atoms with van der Waals surface area (Å²) in [4.78, 5) is 3.24. The summed E-state index contributed by atoms with van der Waals surface area (Å²) in [5.41, 5.74) is 8.96. The van der Waals surface area contributed by atoms with Crippen molar-refractivity contribution in [3.63, 3.8) is 0 Å². The van der Waals surface area contributed by atoms with Crippen molar-refractivity contribution < 1.29 is 0 Å². The van der Waals surface area contributed by atoms with Crippen molar-refractivity contribution in [2.45, 2.75) is 13.8 Å². The lowest BCUT2D eigenvalue weighted by Crippen LogP contribution is -1.92. The molecule has 0 aromatic carbocycles. The van der Waals surface area contributed by atoms with E-state index in [-0.39, 0.29) is 0 Å². The molecule has 2 heteroatoms. The zero-order chi connectivity index (χ0) is 8.27. The Balaban J connectivity index is 2.85. The van der Waals surface area contributed by atoms with E-state index in [0.29, 0.717) is 6.54 Å². The van der Waals surface area contributed by atoms with E-state index in [0.717, 1.165) is 5.69 Å². The lowest BCUT2D eigenvalue weighted by Gasteiger charge is -1.88. The largest absolute Gasteiger partial charge is 0.359 e. The van der Waals surface area contributed by atoms with Crippen molar-refractivity contribution in [1.82, 2.24) is 4.98 Å². The summed E-state index contributed by atoms with van der Waals surface area (Å²) >= 11 is 0. The Morgan fingerprint density at radius 2 is 2.27 bits per heavy atom. The van der Waals surface area contributed by atoms with E-state index < -0.39 is 0 Å². The van der Waals surface area contributed by atoms with Crippen LogP contribution in [0.1, 0.15) is 17.0 Å². The fraction of sp³-hybridized carbons (Fsp3) is 0.333. The van der Waals surface area contributed by atoms with Crippen LogP contribution in [-0.2, 0) is 0 Å². The van der Waals surface area contributed by atoms with Crippen LogP contribution in [-0.4, -0.2) is 11.5 Å². The van der Waals surface area contributed by atoms with Gasteiger partial charge in [0.2, 0.25) is 0 Å². The molecule has 1 heterocycles. The Morgan fingerprint density at radius 3 is 2.73 bits per heavy atom. The number of rotatable bonds is 2. The van der Waals surface area contributed by atoms with E-state index in [4.69, 9.17) is 5.73 Å². The van der Waals surface area contributed by atoms with Gasteiger partial charge in [0.05, 0.1) is 0 Å². The molecule has 0 saturated carbocycles. The Hall–Kier alpha value is -1.02. The summed E-state index contributed by atoms with van der Waals surface area (Å²) in [5.74, 6) is 0. The van der Waals surface area contributed by atoms with Gasteiger partial charge in [0.1, 0.15) is 0 Å². The summed E-state index contributed by atoms with van der Waals surface area (Å²) in [5, 5.41) is 0. The first kappa shape index (κ1) is 8.08. The molecule has 1 rings (SSSR count). The lowest BCUT2D eigenvalue weighted by molar-refractivity contribution is 1.23. The first-order valence-electron chi connectivity index (χ1n) is 3.77. The molecule has 0 aliphatic rings. The molecule has 0 radical (unpaired) electrons. The van der Waals surface area contributed by atoms with Crippen LogP contribution >= 0.6 is 0 Å². The number of nitrogens with two attached hydrogens (primary N) is 1. The second-order valence-corrected chi connectivity index (χ2v) is 2.69. The normalized spacial score (nSPS) is 11.2. The van der Waals surface area contributed by atoms with Crippen LogP contribution in [0.15, 0.2) is 12.1 Å². The number of aromatic nitrogens is 1. The molecule has 0 fully saturated rings. The highest BCUT2D eigenvalue weighted by atomic mass is 14.7. The van der Waals surface area contributed by atoms with E-state index in [2.05, 4.69) is 18.0 Å². The molecule has 0 unspecified atom stereocenters. The van der Waals surface area contributed by atoms with Gasteiger partial charge in [0.15, 0.2) is 0 Å². The van der Waals surface area contributed by atoms with Crippen LogP contribution in [0.2, 0.25) is 0 Å². The van der Waals surface area contributed by atoms with Crippen molar-refractivity contribution in [2.24, 2.45) is 5.73 Å². The number of hydrogen-bond acceptors (Lipinski definition) is 1. The smallest absolute Gasteiger partial charge is 0.0409 e. The zero-order valence-electron chi connectivity index (χ0n) is 7.02. The Labute approximate surface area is 67.1 Å².